The van der Waals surface area contributed by atoms with Gasteiger partial charge < -0.3 is 15.3 Å². The van der Waals surface area contributed by atoms with E-state index < -0.39 is 6.10 Å². The van der Waals surface area contributed by atoms with Gasteiger partial charge >= 0.3 is 0 Å². The fourth-order valence-electron chi connectivity index (χ4n) is 1.26. The predicted octanol–water partition coefficient (Wildman–Crippen LogP) is 2.10. The van der Waals surface area contributed by atoms with Crippen LogP contribution in [-0.2, 0) is 0 Å². The Morgan fingerprint density at radius 3 is 1.86 bits per heavy atom. The lowest BCUT2D eigenvalue weighted by atomic mass is 9.97. The third kappa shape index (κ3) is 1.99. The first-order valence-electron chi connectivity index (χ1n) is 4.64. The number of aliphatic hydroxyl groups excluding tert-OH is 1. The molecule has 0 aromatic heterocycles. The number of phenols is 2. The second-order valence-corrected chi connectivity index (χ2v) is 3.87. The van der Waals surface area contributed by atoms with Gasteiger partial charge in [0.05, 0.1) is 6.10 Å². The molecule has 3 nitrogen and oxygen atoms in total. The van der Waals surface area contributed by atoms with Crippen molar-refractivity contribution in [3.63, 3.8) is 0 Å². The number of phenolic OH excluding ortho intramolecular Hbond substituents is 2. The Morgan fingerprint density at radius 1 is 1.07 bits per heavy atom. The standard InChI is InChI=1S/C11H16O3/c1-6(2)11(14)8-4-9(12)7(3)10(13)5-8/h4-6,11-14H,1-3H3. The van der Waals surface area contributed by atoms with Crippen LogP contribution in [0.1, 0.15) is 31.1 Å². The van der Waals surface area contributed by atoms with Crippen LogP contribution in [0.5, 0.6) is 11.5 Å². The van der Waals surface area contributed by atoms with Crippen LogP contribution in [0.3, 0.4) is 0 Å². The van der Waals surface area contributed by atoms with Gasteiger partial charge in [-0.2, -0.15) is 0 Å². The van der Waals surface area contributed by atoms with E-state index in [-0.39, 0.29) is 17.4 Å². The molecule has 0 aliphatic heterocycles. The van der Waals surface area contributed by atoms with Crippen molar-refractivity contribution >= 4 is 0 Å². The van der Waals surface area contributed by atoms with Crippen LogP contribution in [-0.4, -0.2) is 15.3 Å². The molecule has 0 aliphatic rings. The lowest BCUT2D eigenvalue weighted by molar-refractivity contribution is 0.126. The molecule has 1 aromatic rings. The molecule has 0 saturated heterocycles. The molecule has 1 rings (SSSR count). The summed E-state index contributed by atoms with van der Waals surface area (Å²) in [5.74, 6) is 0.0795. The van der Waals surface area contributed by atoms with E-state index in [2.05, 4.69) is 0 Å². The van der Waals surface area contributed by atoms with E-state index in [1.165, 1.54) is 12.1 Å². The van der Waals surface area contributed by atoms with Crippen LogP contribution in [0.2, 0.25) is 0 Å². The second kappa shape index (κ2) is 3.88. The Morgan fingerprint density at radius 2 is 1.50 bits per heavy atom. The highest BCUT2D eigenvalue weighted by Crippen LogP contribution is 2.32. The van der Waals surface area contributed by atoms with Gasteiger partial charge in [0.2, 0.25) is 0 Å². The molecular formula is C11H16O3. The van der Waals surface area contributed by atoms with E-state index in [9.17, 15) is 15.3 Å². The van der Waals surface area contributed by atoms with Gasteiger partial charge in [0.15, 0.2) is 0 Å². The number of rotatable bonds is 2. The minimum absolute atomic E-state index is 0.0136. The average molecular weight is 196 g/mol. The summed E-state index contributed by atoms with van der Waals surface area (Å²) in [5, 5.41) is 28.6. The molecule has 3 heteroatoms. The van der Waals surface area contributed by atoms with Crippen LogP contribution < -0.4 is 0 Å². The van der Waals surface area contributed by atoms with Gasteiger partial charge in [0.1, 0.15) is 11.5 Å². The van der Waals surface area contributed by atoms with Crippen molar-refractivity contribution in [2.75, 3.05) is 0 Å². The summed E-state index contributed by atoms with van der Waals surface area (Å²) in [5.41, 5.74) is 0.977. The summed E-state index contributed by atoms with van der Waals surface area (Å²) in [4.78, 5) is 0. The summed E-state index contributed by atoms with van der Waals surface area (Å²) in [6.45, 7) is 5.37. The van der Waals surface area contributed by atoms with Gasteiger partial charge in [0.25, 0.3) is 0 Å². The molecule has 0 spiro atoms. The molecule has 3 N–H and O–H groups in total. The van der Waals surface area contributed by atoms with E-state index in [1.54, 1.807) is 6.92 Å². The molecule has 0 amide bonds. The molecule has 0 fully saturated rings. The molecule has 0 radical (unpaired) electrons. The van der Waals surface area contributed by atoms with Gasteiger partial charge in [-0.1, -0.05) is 13.8 Å². The number of aromatic hydroxyl groups is 2. The van der Waals surface area contributed by atoms with Crippen molar-refractivity contribution < 1.29 is 15.3 Å². The van der Waals surface area contributed by atoms with Crippen LogP contribution in [0.4, 0.5) is 0 Å². The van der Waals surface area contributed by atoms with Gasteiger partial charge in [-0.3, -0.25) is 0 Å². The van der Waals surface area contributed by atoms with E-state index in [0.717, 1.165) is 0 Å². The van der Waals surface area contributed by atoms with Crippen LogP contribution in [0, 0.1) is 12.8 Å². The molecule has 14 heavy (non-hydrogen) atoms. The van der Waals surface area contributed by atoms with Crippen LogP contribution in [0.25, 0.3) is 0 Å². The lowest BCUT2D eigenvalue weighted by Crippen LogP contribution is -2.05. The van der Waals surface area contributed by atoms with Gasteiger partial charge in [0, 0.05) is 5.56 Å². The summed E-state index contributed by atoms with van der Waals surface area (Å²) in [6, 6.07) is 2.97. The topological polar surface area (TPSA) is 60.7 Å². The first-order valence-corrected chi connectivity index (χ1v) is 4.64. The molecule has 0 saturated carbocycles. The quantitative estimate of drug-likeness (QED) is 0.678. The first kappa shape index (κ1) is 10.9. The van der Waals surface area contributed by atoms with E-state index in [4.69, 9.17) is 0 Å². The minimum atomic E-state index is -0.660. The van der Waals surface area contributed by atoms with Crippen molar-refractivity contribution in [1.82, 2.24) is 0 Å². The predicted molar refractivity (Wildman–Crippen MR) is 54.3 cm³/mol. The van der Waals surface area contributed by atoms with Crippen molar-refractivity contribution in [2.45, 2.75) is 26.9 Å². The molecule has 1 unspecified atom stereocenters. The summed E-state index contributed by atoms with van der Waals surface area (Å²) in [7, 11) is 0. The molecule has 0 aliphatic carbocycles. The third-order valence-electron chi connectivity index (χ3n) is 2.35. The lowest BCUT2D eigenvalue weighted by Gasteiger charge is -2.16. The largest absolute Gasteiger partial charge is 0.508 e. The van der Waals surface area contributed by atoms with E-state index in [1.807, 2.05) is 13.8 Å². The highest BCUT2D eigenvalue weighted by Gasteiger charge is 2.15. The molecule has 0 bridgehead atoms. The Kier molecular flexibility index (Phi) is 3.01. The molecular weight excluding hydrogens is 180 g/mol. The van der Waals surface area contributed by atoms with Crippen molar-refractivity contribution in [2.24, 2.45) is 5.92 Å². The SMILES string of the molecule is Cc1c(O)cc(C(O)C(C)C)cc1O. The van der Waals surface area contributed by atoms with Gasteiger partial charge in [-0.25, -0.2) is 0 Å². The Hall–Kier alpha value is -1.22. The maximum absolute atomic E-state index is 9.72. The molecule has 0 heterocycles. The Bertz CT molecular complexity index is 308. The fraction of sp³-hybridized carbons (Fsp3) is 0.455. The van der Waals surface area contributed by atoms with Crippen LogP contribution >= 0.6 is 0 Å². The number of hydrogen-bond donors (Lipinski definition) is 3. The molecule has 1 aromatic carbocycles. The van der Waals surface area contributed by atoms with Gasteiger partial charge in [-0.15, -0.1) is 0 Å². The monoisotopic (exact) mass is 196 g/mol. The minimum Gasteiger partial charge on any atom is -0.508 e. The summed E-state index contributed by atoms with van der Waals surface area (Å²) >= 11 is 0. The zero-order valence-corrected chi connectivity index (χ0v) is 8.65. The van der Waals surface area contributed by atoms with E-state index in [0.29, 0.717) is 11.1 Å². The zero-order valence-electron chi connectivity index (χ0n) is 8.65. The summed E-state index contributed by atoms with van der Waals surface area (Å²) in [6.07, 6.45) is -0.660. The third-order valence-corrected chi connectivity index (χ3v) is 2.35. The highest BCUT2D eigenvalue weighted by atomic mass is 16.3. The van der Waals surface area contributed by atoms with Crippen molar-refractivity contribution in [3.8, 4) is 11.5 Å². The zero-order chi connectivity index (χ0) is 10.9. The maximum Gasteiger partial charge on any atom is 0.122 e. The first-order chi connectivity index (χ1) is 6.43. The molecule has 78 valence electrons. The Labute approximate surface area is 83.6 Å². The highest BCUT2D eigenvalue weighted by molar-refractivity contribution is 5.46. The average Bonchev–Trinajstić information content (AvgIpc) is 2.12. The number of hydrogen-bond acceptors (Lipinski definition) is 3. The molecule has 1 atom stereocenters. The van der Waals surface area contributed by atoms with Crippen molar-refractivity contribution in [1.29, 1.82) is 0 Å². The normalized spacial score (nSPS) is 13.2. The van der Waals surface area contributed by atoms with Crippen LogP contribution in [0.15, 0.2) is 12.1 Å². The fourth-order valence-corrected chi connectivity index (χ4v) is 1.26. The number of aliphatic hydroxyl groups is 1. The van der Waals surface area contributed by atoms with Crippen molar-refractivity contribution in [3.05, 3.63) is 23.3 Å². The van der Waals surface area contributed by atoms with Gasteiger partial charge in [-0.05, 0) is 30.5 Å². The smallest absolute Gasteiger partial charge is 0.122 e. The summed E-state index contributed by atoms with van der Waals surface area (Å²) < 4.78 is 0. The van der Waals surface area contributed by atoms with E-state index >= 15 is 0 Å². The second-order valence-electron chi connectivity index (χ2n) is 3.87. The Balaban J connectivity index is 3.12. The maximum atomic E-state index is 9.72. The number of benzene rings is 1.